The van der Waals surface area contributed by atoms with Crippen molar-refractivity contribution in [2.24, 2.45) is 0 Å². The zero-order chi connectivity index (χ0) is 21.8. The number of carbonyl (C=O) groups excluding carboxylic acids is 1. The molecule has 156 valence electrons. The first-order chi connectivity index (χ1) is 15.0. The molecule has 0 saturated carbocycles. The zero-order valence-electron chi connectivity index (χ0n) is 16.7. The van der Waals surface area contributed by atoms with Crippen molar-refractivity contribution in [2.75, 3.05) is 10.4 Å². The number of hydroxylamine groups is 1. The van der Waals surface area contributed by atoms with Gasteiger partial charge in [-0.2, -0.15) is 10.2 Å². The van der Waals surface area contributed by atoms with Gasteiger partial charge in [-0.1, -0.05) is 29.8 Å². The molecule has 2 aromatic heterocycles. The van der Waals surface area contributed by atoms with Crippen LogP contribution in [0.25, 0.3) is 22.4 Å². The summed E-state index contributed by atoms with van der Waals surface area (Å²) < 4.78 is 1.85. The number of hydrogen-bond acceptors (Lipinski definition) is 4. The molecule has 2 heterocycles. The van der Waals surface area contributed by atoms with E-state index < -0.39 is 6.03 Å². The quantitative estimate of drug-likeness (QED) is 0.312. The van der Waals surface area contributed by atoms with Gasteiger partial charge in [0.25, 0.3) is 0 Å². The maximum Gasteiger partial charge on any atom is 0.350 e. The molecular formula is C23H20ClN5O2. The monoisotopic (exact) mass is 433 g/mol. The summed E-state index contributed by atoms with van der Waals surface area (Å²) in [5, 5.41) is 18.8. The zero-order valence-corrected chi connectivity index (χ0v) is 17.5. The van der Waals surface area contributed by atoms with Gasteiger partial charge >= 0.3 is 6.03 Å². The fourth-order valence-electron chi connectivity index (χ4n) is 3.18. The van der Waals surface area contributed by atoms with Crippen LogP contribution in [0.4, 0.5) is 16.2 Å². The number of aryl methyl sites for hydroxylation is 1. The van der Waals surface area contributed by atoms with Crippen molar-refractivity contribution in [3.8, 4) is 22.4 Å². The van der Waals surface area contributed by atoms with Crippen LogP contribution in [0.2, 0.25) is 5.02 Å². The van der Waals surface area contributed by atoms with E-state index in [1.165, 1.54) is 0 Å². The molecule has 31 heavy (non-hydrogen) atoms. The molecule has 0 fully saturated rings. The Hall–Kier alpha value is -3.68. The Morgan fingerprint density at radius 2 is 1.87 bits per heavy atom. The molecule has 4 rings (SSSR count). The van der Waals surface area contributed by atoms with Crippen LogP contribution in [-0.2, 0) is 6.54 Å². The maximum atomic E-state index is 12.5. The maximum absolute atomic E-state index is 12.5. The summed E-state index contributed by atoms with van der Waals surface area (Å²) in [5.74, 6) is 0. The number of nitrogens with one attached hydrogen (secondary N) is 1. The third kappa shape index (κ3) is 4.58. The molecule has 7 nitrogen and oxygen atoms in total. The number of amides is 2. The average molecular weight is 434 g/mol. The Morgan fingerprint density at radius 3 is 2.61 bits per heavy atom. The Kier molecular flexibility index (Phi) is 5.97. The lowest BCUT2D eigenvalue weighted by Gasteiger charge is -2.17. The minimum atomic E-state index is -0.696. The number of halogens is 1. The highest BCUT2D eigenvalue weighted by atomic mass is 35.5. The van der Waals surface area contributed by atoms with E-state index in [-0.39, 0.29) is 0 Å². The van der Waals surface area contributed by atoms with Gasteiger partial charge in [0.05, 0.1) is 5.69 Å². The molecule has 2 aromatic carbocycles. The molecule has 0 aliphatic rings. The van der Waals surface area contributed by atoms with Crippen LogP contribution >= 0.6 is 11.6 Å². The van der Waals surface area contributed by atoms with Gasteiger partial charge in [0, 0.05) is 47.0 Å². The summed E-state index contributed by atoms with van der Waals surface area (Å²) in [5.41, 5.74) is 4.24. The van der Waals surface area contributed by atoms with Gasteiger partial charge in [0.2, 0.25) is 0 Å². The molecule has 8 heteroatoms. The van der Waals surface area contributed by atoms with Gasteiger partial charge in [-0.05, 0) is 55.0 Å². The Labute approximate surface area is 184 Å². The van der Waals surface area contributed by atoms with Crippen LogP contribution in [0.15, 0.2) is 79.3 Å². The van der Waals surface area contributed by atoms with Crippen LogP contribution in [0.5, 0.6) is 0 Å². The van der Waals surface area contributed by atoms with E-state index in [0.29, 0.717) is 28.0 Å². The largest absolute Gasteiger partial charge is 0.350 e. The van der Waals surface area contributed by atoms with Crippen LogP contribution < -0.4 is 10.4 Å². The van der Waals surface area contributed by atoms with E-state index in [4.69, 9.17) is 11.6 Å². The van der Waals surface area contributed by atoms with Crippen LogP contribution in [-0.4, -0.2) is 26.0 Å². The van der Waals surface area contributed by atoms with Crippen molar-refractivity contribution in [3.63, 3.8) is 0 Å². The molecule has 0 radical (unpaired) electrons. The molecule has 0 atom stereocenters. The van der Waals surface area contributed by atoms with Crippen LogP contribution in [0.1, 0.15) is 6.92 Å². The van der Waals surface area contributed by atoms with E-state index in [1.807, 2.05) is 36.0 Å². The SMILES string of the molecule is CCn1cc(-c2cccc(N(O)C(=O)Nc3cccc(Cl)c3)c2)c(-c2ccncc2)n1. The number of hydrogen-bond donors (Lipinski definition) is 2. The second kappa shape index (κ2) is 8.99. The van der Waals surface area contributed by atoms with Crippen molar-refractivity contribution in [3.05, 3.63) is 84.3 Å². The standard InChI is InChI=1S/C23H20ClN5O2/c1-2-28-15-21(22(27-28)16-9-11-25-12-10-16)17-5-3-8-20(13-17)29(31)23(30)26-19-7-4-6-18(24)14-19/h3-15,31H,2H2,1H3,(H,26,30). The predicted octanol–water partition coefficient (Wildman–Crippen LogP) is 5.71. The first-order valence-corrected chi connectivity index (χ1v) is 10.1. The topological polar surface area (TPSA) is 83.3 Å². The number of rotatable bonds is 5. The molecule has 0 aliphatic carbocycles. The number of nitrogens with zero attached hydrogens (tertiary/aromatic N) is 4. The highest BCUT2D eigenvalue weighted by molar-refractivity contribution is 6.30. The average Bonchev–Trinajstić information content (AvgIpc) is 3.24. The first-order valence-electron chi connectivity index (χ1n) is 9.69. The van der Waals surface area contributed by atoms with Crippen molar-refractivity contribution in [2.45, 2.75) is 13.5 Å². The molecule has 0 aliphatic heterocycles. The van der Waals surface area contributed by atoms with E-state index in [2.05, 4.69) is 15.4 Å². The van der Waals surface area contributed by atoms with Crippen molar-refractivity contribution in [1.29, 1.82) is 0 Å². The molecule has 2 N–H and O–H groups in total. The highest BCUT2D eigenvalue weighted by Gasteiger charge is 2.17. The van der Waals surface area contributed by atoms with Crippen molar-refractivity contribution >= 4 is 29.0 Å². The number of benzene rings is 2. The second-order valence-corrected chi connectivity index (χ2v) is 7.22. The second-order valence-electron chi connectivity index (χ2n) is 6.79. The minimum Gasteiger partial charge on any atom is -0.306 e. The van der Waals surface area contributed by atoms with E-state index >= 15 is 0 Å². The number of pyridine rings is 1. The fraction of sp³-hybridized carbons (Fsp3) is 0.0870. The van der Waals surface area contributed by atoms with Crippen molar-refractivity contribution in [1.82, 2.24) is 14.8 Å². The Balaban J connectivity index is 1.64. The van der Waals surface area contributed by atoms with Gasteiger partial charge < -0.3 is 5.32 Å². The number of anilines is 2. The number of urea groups is 1. The smallest absolute Gasteiger partial charge is 0.306 e. The third-order valence-corrected chi connectivity index (χ3v) is 4.94. The molecule has 0 spiro atoms. The predicted molar refractivity (Wildman–Crippen MR) is 121 cm³/mol. The van der Waals surface area contributed by atoms with Gasteiger partial charge in [0.1, 0.15) is 5.69 Å². The normalized spacial score (nSPS) is 10.7. The molecule has 0 unspecified atom stereocenters. The fourth-order valence-corrected chi connectivity index (χ4v) is 3.37. The van der Waals surface area contributed by atoms with E-state index in [1.54, 1.807) is 54.9 Å². The summed E-state index contributed by atoms with van der Waals surface area (Å²) in [4.78, 5) is 16.6. The lowest BCUT2D eigenvalue weighted by atomic mass is 10.0. The Morgan fingerprint density at radius 1 is 1.10 bits per heavy atom. The summed E-state index contributed by atoms with van der Waals surface area (Å²) in [6.07, 6.45) is 5.38. The van der Waals surface area contributed by atoms with Gasteiger partial charge in [-0.3, -0.25) is 14.9 Å². The molecule has 2 amide bonds. The van der Waals surface area contributed by atoms with Gasteiger partial charge in [-0.15, -0.1) is 0 Å². The molecule has 0 bridgehead atoms. The van der Waals surface area contributed by atoms with Gasteiger partial charge in [0.15, 0.2) is 0 Å². The van der Waals surface area contributed by atoms with E-state index in [9.17, 15) is 10.0 Å². The van der Waals surface area contributed by atoms with Crippen molar-refractivity contribution < 1.29 is 10.0 Å². The first kappa shape index (κ1) is 20.6. The van der Waals surface area contributed by atoms with Crippen LogP contribution in [0, 0.1) is 0 Å². The highest BCUT2D eigenvalue weighted by Crippen LogP contribution is 2.32. The molecule has 0 saturated heterocycles. The molecule has 4 aromatic rings. The van der Waals surface area contributed by atoms with Crippen LogP contribution in [0.3, 0.4) is 0 Å². The number of carbonyl (C=O) groups is 1. The van der Waals surface area contributed by atoms with Gasteiger partial charge in [-0.25, -0.2) is 4.79 Å². The lowest BCUT2D eigenvalue weighted by molar-refractivity contribution is 0.216. The van der Waals surface area contributed by atoms with E-state index in [0.717, 1.165) is 22.4 Å². The summed E-state index contributed by atoms with van der Waals surface area (Å²) in [7, 11) is 0. The summed E-state index contributed by atoms with van der Waals surface area (Å²) in [6, 6.07) is 16.9. The Bertz CT molecular complexity index is 1210. The molecular weight excluding hydrogens is 414 g/mol. The summed E-state index contributed by atoms with van der Waals surface area (Å²) in [6.45, 7) is 2.73. The lowest BCUT2D eigenvalue weighted by Crippen LogP contribution is -2.31. The summed E-state index contributed by atoms with van der Waals surface area (Å²) >= 11 is 5.95. The minimum absolute atomic E-state index is 0.321. The third-order valence-electron chi connectivity index (χ3n) is 4.71. The number of aromatic nitrogens is 3.